The predicted molar refractivity (Wildman–Crippen MR) is 77.1 cm³/mol. The summed E-state index contributed by atoms with van der Waals surface area (Å²) in [6, 6.07) is 11.6. The first-order chi connectivity index (χ1) is 8.70. The maximum Gasteiger partial charge on any atom is 0.144 e. The summed E-state index contributed by atoms with van der Waals surface area (Å²) in [6.07, 6.45) is 1.63. The SMILES string of the molecule is N#Cc1ncccc1CSc1cc(Br)ccc1N. The number of nitrogens with two attached hydrogens (primary N) is 1. The van der Waals surface area contributed by atoms with Crippen molar-refractivity contribution in [3.05, 3.63) is 52.3 Å². The zero-order valence-electron chi connectivity index (χ0n) is 9.43. The summed E-state index contributed by atoms with van der Waals surface area (Å²) >= 11 is 5.01. The molecule has 5 heteroatoms. The van der Waals surface area contributed by atoms with E-state index < -0.39 is 0 Å². The van der Waals surface area contributed by atoms with Crippen molar-refractivity contribution in [2.24, 2.45) is 0 Å². The molecule has 3 nitrogen and oxygen atoms in total. The van der Waals surface area contributed by atoms with E-state index in [9.17, 15) is 0 Å². The van der Waals surface area contributed by atoms with Crippen LogP contribution < -0.4 is 5.73 Å². The van der Waals surface area contributed by atoms with E-state index >= 15 is 0 Å². The topological polar surface area (TPSA) is 62.7 Å². The fourth-order valence-electron chi connectivity index (χ4n) is 1.44. The largest absolute Gasteiger partial charge is 0.398 e. The van der Waals surface area contributed by atoms with Gasteiger partial charge in [0.05, 0.1) is 0 Å². The van der Waals surface area contributed by atoms with Crippen molar-refractivity contribution in [3.8, 4) is 6.07 Å². The number of thioether (sulfide) groups is 1. The minimum Gasteiger partial charge on any atom is -0.398 e. The molecule has 1 aromatic carbocycles. The molecule has 0 bridgehead atoms. The predicted octanol–water partition coefficient (Wildman–Crippen LogP) is 3.59. The Hall–Kier alpha value is -1.51. The number of pyridine rings is 1. The minimum absolute atomic E-state index is 0.471. The van der Waals surface area contributed by atoms with Crippen molar-refractivity contribution >= 4 is 33.4 Å². The van der Waals surface area contributed by atoms with Gasteiger partial charge in [-0.2, -0.15) is 5.26 Å². The third kappa shape index (κ3) is 3.03. The lowest BCUT2D eigenvalue weighted by Gasteiger charge is -2.06. The molecular weight excluding hydrogens is 310 g/mol. The molecule has 1 aromatic heterocycles. The zero-order valence-corrected chi connectivity index (χ0v) is 11.8. The van der Waals surface area contributed by atoms with Crippen LogP contribution >= 0.6 is 27.7 Å². The monoisotopic (exact) mass is 319 g/mol. The Morgan fingerprint density at radius 1 is 1.39 bits per heavy atom. The maximum absolute atomic E-state index is 8.96. The van der Waals surface area contributed by atoms with Crippen LogP contribution in [0.3, 0.4) is 0 Å². The normalized spacial score (nSPS) is 10.0. The molecule has 0 unspecified atom stereocenters. The fourth-order valence-corrected chi connectivity index (χ4v) is 2.95. The molecule has 0 saturated heterocycles. The summed E-state index contributed by atoms with van der Waals surface area (Å²) in [6.45, 7) is 0. The lowest BCUT2D eigenvalue weighted by atomic mass is 10.2. The van der Waals surface area contributed by atoms with Gasteiger partial charge in [0.15, 0.2) is 0 Å². The molecule has 0 fully saturated rings. The van der Waals surface area contributed by atoms with Crippen molar-refractivity contribution in [2.75, 3.05) is 5.73 Å². The van der Waals surface area contributed by atoms with E-state index in [0.717, 1.165) is 20.6 Å². The van der Waals surface area contributed by atoms with Gasteiger partial charge in [-0.25, -0.2) is 4.98 Å². The van der Waals surface area contributed by atoms with Gasteiger partial charge in [-0.1, -0.05) is 22.0 Å². The number of hydrogen-bond acceptors (Lipinski definition) is 4. The van der Waals surface area contributed by atoms with Crippen LogP contribution in [0.2, 0.25) is 0 Å². The third-order valence-electron chi connectivity index (χ3n) is 2.36. The van der Waals surface area contributed by atoms with Gasteiger partial charge in [-0.15, -0.1) is 11.8 Å². The average molecular weight is 320 g/mol. The molecule has 18 heavy (non-hydrogen) atoms. The van der Waals surface area contributed by atoms with Gasteiger partial charge < -0.3 is 5.73 Å². The average Bonchev–Trinajstić information content (AvgIpc) is 2.40. The maximum atomic E-state index is 8.96. The number of halogens is 1. The Morgan fingerprint density at radius 2 is 2.22 bits per heavy atom. The number of nitrogens with zero attached hydrogens (tertiary/aromatic N) is 2. The van der Waals surface area contributed by atoms with Gasteiger partial charge in [-0.3, -0.25) is 0 Å². The number of aromatic nitrogens is 1. The van der Waals surface area contributed by atoms with E-state index in [4.69, 9.17) is 11.0 Å². The summed E-state index contributed by atoms with van der Waals surface area (Å²) < 4.78 is 0.992. The van der Waals surface area contributed by atoms with Gasteiger partial charge in [0, 0.05) is 27.0 Å². The minimum atomic E-state index is 0.471. The quantitative estimate of drug-likeness (QED) is 0.693. The van der Waals surface area contributed by atoms with Crippen molar-refractivity contribution in [1.82, 2.24) is 4.98 Å². The Kier molecular flexibility index (Phi) is 4.24. The molecular formula is C13H10BrN3S. The van der Waals surface area contributed by atoms with Gasteiger partial charge in [0.1, 0.15) is 11.8 Å². The molecule has 2 rings (SSSR count). The summed E-state index contributed by atoms with van der Waals surface area (Å²) in [4.78, 5) is 5.03. The van der Waals surface area contributed by atoms with Crippen LogP contribution in [-0.4, -0.2) is 4.98 Å². The number of nitrogen functional groups attached to an aromatic ring is 1. The standard InChI is InChI=1S/C13H10BrN3S/c14-10-3-4-11(16)13(6-10)18-8-9-2-1-5-17-12(9)7-15/h1-6H,8,16H2. The first-order valence-electron chi connectivity index (χ1n) is 5.22. The molecule has 2 aromatic rings. The highest BCUT2D eigenvalue weighted by molar-refractivity contribution is 9.10. The molecule has 0 atom stereocenters. The number of hydrogen-bond donors (Lipinski definition) is 1. The van der Waals surface area contributed by atoms with Gasteiger partial charge >= 0.3 is 0 Å². The highest BCUT2D eigenvalue weighted by atomic mass is 79.9. The lowest BCUT2D eigenvalue weighted by Crippen LogP contribution is -1.92. The summed E-state index contributed by atoms with van der Waals surface area (Å²) in [7, 11) is 0. The van der Waals surface area contributed by atoms with Crippen LogP contribution in [0.25, 0.3) is 0 Å². The highest BCUT2D eigenvalue weighted by Gasteiger charge is 2.05. The molecule has 0 radical (unpaired) electrons. The molecule has 0 aliphatic carbocycles. The molecule has 0 aliphatic heterocycles. The zero-order chi connectivity index (χ0) is 13.0. The molecule has 0 aliphatic rings. The molecule has 1 heterocycles. The summed E-state index contributed by atoms with van der Waals surface area (Å²) in [5, 5.41) is 8.96. The van der Waals surface area contributed by atoms with Crippen LogP contribution in [0.15, 0.2) is 45.9 Å². The van der Waals surface area contributed by atoms with Crippen LogP contribution in [0.4, 0.5) is 5.69 Å². The third-order valence-corrected chi connectivity index (χ3v) is 3.97. The summed E-state index contributed by atoms with van der Waals surface area (Å²) in [5.74, 6) is 0.678. The first kappa shape index (κ1) is 12.9. The second-order valence-corrected chi connectivity index (χ2v) is 5.53. The van der Waals surface area contributed by atoms with E-state index in [1.54, 1.807) is 18.0 Å². The van der Waals surface area contributed by atoms with Gasteiger partial charge in [0.2, 0.25) is 0 Å². The Labute approximate surface area is 118 Å². The van der Waals surface area contributed by atoms with Crippen LogP contribution in [-0.2, 0) is 5.75 Å². The number of rotatable bonds is 3. The van der Waals surface area contributed by atoms with Crippen LogP contribution in [0, 0.1) is 11.3 Å². The van der Waals surface area contributed by atoms with Crippen LogP contribution in [0.1, 0.15) is 11.3 Å². The number of nitriles is 1. The fraction of sp³-hybridized carbons (Fsp3) is 0.0769. The second kappa shape index (κ2) is 5.89. The van der Waals surface area contributed by atoms with Crippen molar-refractivity contribution in [1.29, 1.82) is 5.26 Å². The Balaban J connectivity index is 2.17. The van der Waals surface area contributed by atoms with E-state index in [0.29, 0.717) is 11.4 Å². The molecule has 0 amide bonds. The Morgan fingerprint density at radius 3 is 3.00 bits per heavy atom. The molecule has 90 valence electrons. The molecule has 2 N–H and O–H groups in total. The van der Waals surface area contributed by atoms with E-state index in [1.165, 1.54) is 0 Å². The molecule has 0 saturated carbocycles. The van der Waals surface area contributed by atoms with Crippen LogP contribution in [0.5, 0.6) is 0 Å². The smallest absolute Gasteiger partial charge is 0.144 e. The number of anilines is 1. The molecule has 0 spiro atoms. The summed E-state index contributed by atoms with van der Waals surface area (Å²) in [5.41, 5.74) is 8.03. The van der Waals surface area contributed by atoms with E-state index in [2.05, 4.69) is 27.0 Å². The van der Waals surface area contributed by atoms with Gasteiger partial charge in [0.25, 0.3) is 0 Å². The van der Waals surface area contributed by atoms with Crippen molar-refractivity contribution in [3.63, 3.8) is 0 Å². The van der Waals surface area contributed by atoms with E-state index in [-0.39, 0.29) is 0 Å². The van der Waals surface area contributed by atoms with Crippen molar-refractivity contribution < 1.29 is 0 Å². The van der Waals surface area contributed by atoms with E-state index in [1.807, 2.05) is 30.3 Å². The second-order valence-electron chi connectivity index (χ2n) is 3.59. The van der Waals surface area contributed by atoms with Crippen molar-refractivity contribution in [2.45, 2.75) is 10.6 Å². The first-order valence-corrected chi connectivity index (χ1v) is 7.00. The van der Waals surface area contributed by atoms with Gasteiger partial charge in [-0.05, 0) is 29.8 Å². The number of benzene rings is 1. The highest BCUT2D eigenvalue weighted by Crippen LogP contribution is 2.31. The lowest BCUT2D eigenvalue weighted by molar-refractivity contribution is 1.19. The Bertz CT molecular complexity index is 607.